The fourth-order valence-electron chi connectivity index (χ4n) is 2.99. The summed E-state index contributed by atoms with van der Waals surface area (Å²) in [6, 6.07) is 8.01. The number of aryl methyl sites for hydroxylation is 2. The highest BCUT2D eigenvalue weighted by atomic mass is 32.2. The lowest BCUT2D eigenvalue weighted by Crippen LogP contribution is -2.36. The van der Waals surface area contributed by atoms with Crippen LogP contribution in [0.25, 0.3) is 0 Å². The first-order chi connectivity index (χ1) is 9.10. The number of hydrogen-bond acceptors (Lipinski definition) is 2. The van der Waals surface area contributed by atoms with Crippen molar-refractivity contribution in [3.8, 4) is 0 Å². The lowest BCUT2D eigenvalue weighted by Gasteiger charge is -2.31. The minimum Gasteiger partial charge on any atom is -0.307 e. The van der Waals surface area contributed by atoms with Crippen LogP contribution in [-0.2, 0) is 0 Å². The Hall–Kier alpha value is -0.470. The van der Waals surface area contributed by atoms with E-state index in [1.807, 2.05) is 11.8 Å². The number of benzene rings is 1. The predicted molar refractivity (Wildman–Crippen MR) is 87.0 cm³/mol. The van der Waals surface area contributed by atoms with Crippen molar-refractivity contribution in [1.29, 1.82) is 0 Å². The number of rotatable bonds is 4. The Morgan fingerprint density at radius 1 is 1.21 bits per heavy atom. The summed E-state index contributed by atoms with van der Waals surface area (Å²) in [6.07, 6.45) is 7.70. The lowest BCUT2D eigenvalue weighted by molar-refractivity contribution is 0.353. The van der Waals surface area contributed by atoms with E-state index < -0.39 is 0 Å². The van der Waals surface area contributed by atoms with Crippen molar-refractivity contribution in [1.82, 2.24) is 5.32 Å². The molecule has 3 unspecified atom stereocenters. The van der Waals surface area contributed by atoms with Gasteiger partial charge in [0.15, 0.2) is 0 Å². The summed E-state index contributed by atoms with van der Waals surface area (Å²) in [5.41, 5.74) is 4.21. The molecule has 1 nitrogen and oxygen atoms in total. The Kier molecular flexibility index (Phi) is 5.35. The molecule has 0 heterocycles. The van der Waals surface area contributed by atoms with Crippen molar-refractivity contribution in [2.75, 3.05) is 6.26 Å². The van der Waals surface area contributed by atoms with E-state index in [4.69, 9.17) is 0 Å². The minimum absolute atomic E-state index is 0.463. The first-order valence-corrected chi connectivity index (χ1v) is 8.75. The van der Waals surface area contributed by atoms with Gasteiger partial charge in [0, 0.05) is 17.3 Å². The first kappa shape index (κ1) is 14.9. The average Bonchev–Trinajstić information content (AvgIpc) is 2.42. The van der Waals surface area contributed by atoms with Crippen LogP contribution < -0.4 is 5.32 Å². The van der Waals surface area contributed by atoms with E-state index in [-0.39, 0.29) is 0 Å². The standard InChI is InChI=1S/C17H27NS/c1-12-8-9-15(10-13(12)2)14(3)18-16-6-5-7-17(11-16)19-4/h8-10,14,16-18H,5-7,11H2,1-4H3. The maximum atomic E-state index is 3.83. The molecule has 1 fully saturated rings. The molecule has 0 bridgehead atoms. The Bertz CT molecular complexity index is 416. The summed E-state index contributed by atoms with van der Waals surface area (Å²) in [7, 11) is 0. The largest absolute Gasteiger partial charge is 0.307 e. The van der Waals surface area contributed by atoms with E-state index in [1.165, 1.54) is 42.4 Å². The quantitative estimate of drug-likeness (QED) is 0.861. The van der Waals surface area contributed by atoms with E-state index in [2.05, 4.69) is 50.5 Å². The number of thioether (sulfide) groups is 1. The Labute approximate surface area is 122 Å². The molecule has 0 spiro atoms. The Morgan fingerprint density at radius 2 is 2.00 bits per heavy atom. The van der Waals surface area contributed by atoms with Gasteiger partial charge in [-0.05, 0) is 63.0 Å². The van der Waals surface area contributed by atoms with Crippen LogP contribution in [0.2, 0.25) is 0 Å². The zero-order chi connectivity index (χ0) is 13.8. The maximum absolute atomic E-state index is 3.83. The summed E-state index contributed by atoms with van der Waals surface area (Å²) in [6.45, 7) is 6.68. The smallest absolute Gasteiger partial charge is 0.0294 e. The topological polar surface area (TPSA) is 12.0 Å². The van der Waals surface area contributed by atoms with Crippen molar-refractivity contribution in [2.45, 2.75) is 63.8 Å². The molecule has 106 valence electrons. The molecule has 1 saturated carbocycles. The molecular formula is C17H27NS. The predicted octanol–water partition coefficient (Wildman–Crippen LogP) is 4.63. The number of hydrogen-bond donors (Lipinski definition) is 1. The van der Waals surface area contributed by atoms with Crippen molar-refractivity contribution in [2.24, 2.45) is 0 Å². The van der Waals surface area contributed by atoms with Crippen molar-refractivity contribution in [3.05, 3.63) is 34.9 Å². The molecule has 3 atom stereocenters. The third kappa shape index (κ3) is 4.00. The fraction of sp³-hybridized carbons (Fsp3) is 0.647. The van der Waals surface area contributed by atoms with Gasteiger partial charge in [-0.25, -0.2) is 0 Å². The van der Waals surface area contributed by atoms with Crippen LogP contribution in [0.5, 0.6) is 0 Å². The summed E-state index contributed by atoms with van der Waals surface area (Å²) < 4.78 is 0. The van der Waals surface area contributed by atoms with E-state index in [1.54, 1.807) is 0 Å². The molecule has 0 amide bonds. The SMILES string of the molecule is CSC1CCCC(NC(C)c2ccc(C)c(C)c2)C1. The lowest BCUT2D eigenvalue weighted by atomic mass is 9.93. The van der Waals surface area contributed by atoms with Gasteiger partial charge in [-0.3, -0.25) is 0 Å². The molecule has 1 aliphatic carbocycles. The third-order valence-electron chi connectivity index (χ3n) is 4.48. The van der Waals surface area contributed by atoms with Crippen molar-refractivity contribution < 1.29 is 0 Å². The van der Waals surface area contributed by atoms with E-state index in [0.717, 1.165) is 5.25 Å². The Morgan fingerprint density at radius 3 is 2.68 bits per heavy atom. The average molecular weight is 277 g/mol. The second-order valence-electron chi connectivity index (χ2n) is 5.95. The van der Waals surface area contributed by atoms with Crippen LogP contribution in [0.15, 0.2) is 18.2 Å². The summed E-state index contributed by atoms with van der Waals surface area (Å²) in [5.74, 6) is 0. The molecule has 2 heteroatoms. The maximum Gasteiger partial charge on any atom is 0.0294 e. The van der Waals surface area contributed by atoms with Crippen LogP contribution in [0.1, 0.15) is 55.3 Å². The molecule has 1 aromatic carbocycles. The van der Waals surface area contributed by atoms with E-state index in [0.29, 0.717) is 12.1 Å². The molecule has 0 radical (unpaired) electrons. The van der Waals surface area contributed by atoms with Gasteiger partial charge in [-0.15, -0.1) is 0 Å². The molecule has 2 rings (SSSR count). The monoisotopic (exact) mass is 277 g/mol. The zero-order valence-corrected chi connectivity index (χ0v) is 13.5. The first-order valence-electron chi connectivity index (χ1n) is 7.46. The van der Waals surface area contributed by atoms with Crippen LogP contribution >= 0.6 is 11.8 Å². The highest BCUT2D eigenvalue weighted by Crippen LogP contribution is 2.28. The summed E-state index contributed by atoms with van der Waals surface area (Å²) >= 11 is 2.04. The van der Waals surface area contributed by atoms with Crippen LogP contribution in [0.4, 0.5) is 0 Å². The Balaban J connectivity index is 1.96. The fourth-order valence-corrected chi connectivity index (χ4v) is 3.82. The van der Waals surface area contributed by atoms with E-state index in [9.17, 15) is 0 Å². The van der Waals surface area contributed by atoms with Gasteiger partial charge in [0.25, 0.3) is 0 Å². The van der Waals surface area contributed by atoms with Gasteiger partial charge in [-0.1, -0.05) is 24.6 Å². The molecule has 1 aromatic rings. The second kappa shape index (κ2) is 6.81. The molecule has 1 N–H and O–H groups in total. The van der Waals surface area contributed by atoms with Gasteiger partial charge in [0.1, 0.15) is 0 Å². The minimum atomic E-state index is 0.463. The van der Waals surface area contributed by atoms with Crippen molar-refractivity contribution >= 4 is 11.8 Å². The highest BCUT2D eigenvalue weighted by Gasteiger charge is 2.22. The zero-order valence-electron chi connectivity index (χ0n) is 12.7. The normalized spacial score (nSPS) is 25.3. The van der Waals surface area contributed by atoms with Gasteiger partial charge >= 0.3 is 0 Å². The van der Waals surface area contributed by atoms with Gasteiger partial charge in [0.2, 0.25) is 0 Å². The van der Waals surface area contributed by atoms with Crippen LogP contribution in [-0.4, -0.2) is 17.5 Å². The molecule has 0 aliphatic heterocycles. The molecule has 0 saturated heterocycles. The third-order valence-corrected chi connectivity index (χ3v) is 5.57. The molecule has 1 aliphatic rings. The molecule has 19 heavy (non-hydrogen) atoms. The van der Waals surface area contributed by atoms with Crippen molar-refractivity contribution in [3.63, 3.8) is 0 Å². The molecule has 0 aromatic heterocycles. The van der Waals surface area contributed by atoms with Gasteiger partial charge in [-0.2, -0.15) is 11.8 Å². The van der Waals surface area contributed by atoms with E-state index >= 15 is 0 Å². The summed E-state index contributed by atoms with van der Waals surface area (Å²) in [5, 5.41) is 4.69. The van der Waals surface area contributed by atoms with Crippen LogP contribution in [0.3, 0.4) is 0 Å². The summed E-state index contributed by atoms with van der Waals surface area (Å²) in [4.78, 5) is 0. The van der Waals surface area contributed by atoms with Gasteiger partial charge in [0.05, 0.1) is 0 Å². The highest BCUT2D eigenvalue weighted by molar-refractivity contribution is 7.99. The molecular weight excluding hydrogens is 250 g/mol. The van der Waals surface area contributed by atoms with Gasteiger partial charge < -0.3 is 5.32 Å². The second-order valence-corrected chi connectivity index (χ2v) is 7.09. The van der Waals surface area contributed by atoms with Crippen LogP contribution in [0, 0.1) is 13.8 Å². The number of nitrogens with one attached hydrogen (secondary N) is 1.